The lowest BCUT2D eigenvalue weighted by Gasteiger charge is -2.17. The zero-order chi connectivity index (χ0) is 13.5. The average Bonchev–Trinajstić information content (AvgIpc) is 2.28. The van der Waals surface area contributed by atoms with E-state index in [0.717, 1.165) is 35.7 Å². The molecule has 0 heterocycles. The minimum atomic E-state index is 0.235. The van der Waals surface area contributed by atoms with Crippen LogP contribution in [0, 0.1) is 6.92 Å². The van der Waals surface area contributed by atoms with E-state index >= 15 is 0 Å². The van der Waals surface area contributed by atoms with Gasteiger partial charge in [-0.1, -0.05) is 25.4 Å². The highest BCUT2D eigenvalue weighted by molar-refractivity contribution is 6.30. The molecule has 102 valence electrons. The Balaban J connectivity index is 2.33. The lowest BCUT2D eigenvalue weighted by molar-refractivity contribution is 0.206. The number of rotatable bonds is 7. The fraction of sp³-hybridized carbons (Fsp3) is 0.600. The third-order valence-electron chi connectivity index (χ3n) is 2.81. The van der Waals surface area contributed by atoms with Crippen molar-refractivity contribution in [3.63, 3.8) is 0 Å². The molecule has 0 saturated heterocycles. The molecule has 0 aliphatic rings. The molecule has 1 aromatic rings. The summed E-state index contributed by atoms with van der Waals surface area (Å²) in [4.78, 5) is 0. The topological polar surface area (TPSA) is 21.3 Å². The van der Waals surface area contributed by atoms with Crippen molar-refractivity contribution in [3.8, 4) is 5.75 Å². The van der Waals surface area contributed by atoms with Crippen molar-refractivity contribution in [2.75, 3.05) is 6.54 Å². The maximum absolute atomic E-state index is 5.92. The van der Waals surface area contributed by atoms with Gasteiger partial charge in [0.1, 0.15) is 5.75 Å². The fourth-order valence-corrected chi connectivity index (χ4v) is 2.03. The number of hydrogen-bond donors (Lipinski definition) is 1. The van der Waals surface area contributed by atoms with Crippen molar-refractivity contribution in [2.45, 2.75) is 52.7 Å². The Morgan fingerprint density at radius 2 is 2.00 bits per heavy atom. The summed E-state index contributed by atoms with van der Waals surface area (Å²) in [6.07, 6.45) is 2.42. The molecule has 0 radical (unpaired) electrons. The smallest absolute Gasteiger partial charge is 0.122 e. The predicted octanol–water partition coefficient (Wildman–Crippen LogP) is 4.19. The van der Waals surface area contributed by atoms with Crippen molar-refractivity contribution in [3.05, 3.63) is 28.8 Å². The minimum absolute atomic E-state index is 0.235. The van der Waals surface area contributed by atoms with Crippen LogP contribution in [-0.2, 0) is 0 Å². The van der Waals surface area contributed by atoms with E-state index in [0.29, 0.717) is 6.04 Å². The van der Waals surface area contributed by atoms with Gasteiger partial charge in [0.15, 0.2) is 0 Å². The number of ether oxygens (including phenoxy) is 1. The van der Waals surface area contributed by atoms with Gasteiger partial charge in [-0.15, -0.1) is 0 Å². The summed E-state index contributed by atoms with van der Waals surface area (Å²) in [5.74, 6) is 0.934. The van der Waals surface area contributed by atoms with Crippen LogP contribution in [-0.4, -0.2) is 18.7 Å². The van der Waals surface area contributed by atoms with Crippen molar-refractivity contribution >= 4 is 11.6 Å². The van der Waals surface area contributed by atoms with E-state index in [2.05, 4.69) is 26.1 Å². The molecule has 0 fully saturated rings. The maximum atomic E-state index is 5.92. The van der Waals surface area contributed by atoms with Crippen LogP contribution < -0.4 is 10.1 Å². The van der Waals surface area contributed by atoms with Crippen LogP contribution in [0.15, 0.2) is 18.2 Å². The van der Waals surface area contributed by atoms with E-state index in [4.69, 9.17) is 16.3 Å². The third-order valence-corrected chi connectivity index (χ3v) is 3.04. The number of halogens is 1. The van der Waals surface area contributed by atoms with Crippen LogP contribution in [0.4, 0.5) is 0 Å². The molecule has 3 heteroatoms. The molecule has 0 aliphatic carbocycles. The second kappa shape index (κ2) is 7.65. The molecule has 1 N–H and O–H groups in total. The number of hydrogen-bond acceptors (Lipinski definition) is 2. The standard InChI is InChI=1S/C15H24ClNO/c1-11(2)17-9-5-6-13(4)18-15-8-7-14(16)10-12(15)3/h7-8,10-11,13,17H,5-6,9H2,1-4H3. The van der Waals surface area contributed by atoms with Crippen molar-refractivity contribution in [1.82, 2.24) is 5.32 Å². The first-order valence-electron chi connectivity index (χ1n) is 6.65. The first-order chi connectivity index (χ1) is 8.49. The van der Waals surface area contributed by atoms with Gasteiger partial charge in [-0.2, -0.15) is 0 Å². The highest BCUT2D eigenvalue weighted by Crippen LogP contribution is 2.23. The summed E-state index contributed by atoms with van der Waals surface area (Å²) in [7, 11) is 0. The Kier molecular flexibility index (Phi) is 6.51. The molecule has 1 aromatic carbocycles. The van der Waals surface area contributed by atoms with Crippen LogP contribution in [0.3, 0.4) is 0 Å². The molecule has 0 aliphatic heterocycles. The van der Waals surface area contributed by atoms with Gasteiger partial charge in [0.2, 0.25) is 0 Å². The largest absolute Gasteiger partial charge is 0.490 e. The summed E-state index contributed by atoms with van der Waals surface area (Å²) in [6, 6.07) is 6.31. The quantitative estimate of drug-likeness (QED) is 0.750. The number of aryl methyl sites for hydroxylation is 1. The molecule has 0 bridgehead atoms. The van der Waals surface area contributed by atoms with Crippen LogP contribution >= 0.6 is 11.6 Å². The lowest BCUT2D eigenvalue weighted by atomic mass is 10.2. The van der Waals surface area contributed by atoms with Gasteiger partial charge in [-0.05, 0) is 57.0 Å². The first kappa shape index (κ1) is 15.3. The SMILES string of the molecule is Cc1cc(Cl)ccc1OC(C)CCCNC(C)C. The van der Waals surface area contributed by atoms with Gasteiger partial charge in [-0.3, -0.25) is 0 Å². The van der Waals surface area contributed by atoms with Crippen molar-refractivity contribution < 1.29 is 4.74 Å². The van der Waals surface area contributed by atoms with Gasteiger partial charge in [0, 0.05) is 11.1 Å². The van der Waals surface area contributed by atoms with Crippen LogP contribution in [0.5, 0.6) is 5.75 Å². The molecular weight excluding hydrogens is 246 g/mol. The molecule has 18 heavy (non-hydrogen) atoms. The van der Waals surface area contributed by atoms with Gasteiger partial charge in [0.25, 0.3) is 0 Å². The Hall–Kier alpha value is -0.730. The van der Waals surface area contributed by atoms with Gasteiger partial charge >= 0.3 is 0 Å². The van der Waals surface area contributed by atoms with E-state index in [1.54, 1.807) is 0 Å². The van der Waals surface area contributed by atoms with Crippen LogP contribution in [0.25, 0.3) is 0 Å². The Morgan fingerprint density at radius 3 is 2.61 bits per heavy atom. The second-order valence-electron chi connectivity index (χ2n) is 5.09. The number of benzene rings is 1. The highest BCUT2D eigenvalue weighted by Gasteiger charge is 2.06. The van der Waals surface area contributed by atoms with E-state index < -0.39 is 0 Å². The second-order valence-corrected chi connectivity index (χ2v) is 5.53. The monoisotopic (exact) mass is 269 g/mol. The van der Waals surface area contributed by atoms with Crippen LogP contribution in [0.1, 0.15) is 39.2 Å². The van der Waals surface area contributed by atoms with Crippen LogP contribution in [0.2, 0.25) is 5.02 Å². The van der Waals surface area contributed by atoms with Gasteiger partial charge in [0.05, 0.1) is 6.10 Å². The normalized spacial score (nSPS) is 12.8. The fourth-order valence-electron chi connectivity index (χ4n) is 1.80. The van der Waals surface area contributed by atoms with E-state index in [-0.39, 0.29) is 6.10 Å². The molecule has 1 unspecified atom stereocenters. The average molecular weight is 270 g/mol. The summed E-state index contributed by atoms with van der Waals surface area (Å²) in [5.41, 5.74) is 1.09. The van der Waals surface area contributed by atoms with Gasteiger partial charge < -0.3 is 10.1 Å². The predicted molar refractivity (Wildman–Crippen MR) is 78.7 cm³/mol. The first-order valence-corrected chi connectivity index (χ1v) is 7.03. The maximum Gasteiger partial charge on any atom is 0.122 e. The number of nitrogens with one attached hydrogen (secondary N) is 1. The summed E-state index contributed by atoms with van der Waals surface area (Å²) >= 11 is 5.92. The molecule has 0 amide bonds. The Bertz CT molecular complexity index is 366. The van der Waals surface area contributed by atoms with Crippen molar-refractivity contribution in [1.29, 1.82) is 0 Å². The molecule has 0 spiro atoms. The van der Waals surface area contributed by atoms with Crippen molar-refractivity contribution in [2.24, 2.45) is 0 Å². The minimum Gasteiger partial charge on any atom is -0.490 e. The summed E-state index contributed by atoms with van der Waals surface area (Å²) in [5, 5.41) is 4.17. The Labute approximate surface area is 116 Å². The highest BCUT2D eigenvalue weighted by atomic mass is 35.5. The molecule has 1 rings (SSSR count). The summed E-state index contributed by atoms with van der Waals surface area (Å²) < 4.78 is 5.92. The zero-order valence-corrected chi connectivity index (χ0v) is 12.6. The van der Waals surface area contributed by atoms with E-state index in [1.165, 1.54) is 0 Å². The third kappa shape index (κ3) is 5.74. The molecule has 0 aromatic heterocycles. The molecule has 0 saturated carbocycles. The van der Waals surface area contributed by atoms with E-state index in [1.807, 2.05) is 25.1 Å². The molecular formula is C15H24ClNO. The van der Waals surface area contributed by atoms with Gasteiger partial charge in [-0.25, -0.2) is 0 Å². The zero-order valence-electron chi connectivity index (χ0n) is 11.8. The Morgan fingerprint density at radius 1 is 1.28 bits per heavy atom. The van der Waals surface area contributed by atoms with E-state index in [9.17, 15) is 0 Å². The summed E-state index contributed by atoms with van der Waals surface area (Å²) in [6.45, 7) is 9.51. The molecule has 1 atom stereocenters. The lowest BCUT2D eigenvalue weighted by Crippen LogP contribution is -2.25. The molecule has 2 nitrogen and oxygen atoms in total.